The van der Waals surface area contributed by atoms with E-state index in [0.29, 0.717) is 0 Å². The third-order valence-corrected chi connectivity index (χ3v) is 6.97. The van der Waals surface area contributed by atoms with E-state index in [1.54, 1.807) is 32.9 Å². The van der Waals surface area contributed by atoms with Gasteiger partial charge in [0.15, 0.2) is 17.3 Å². The quantitative estimate of drug-likeness (QED) is 0.563. The van der Waals surface area contributed by atoms with Crippen LogP contribution in [-0.2, 0) is 9.59 Å². The number of rotatable bonds is 6. The average Bonchev–Trinajstić information content (AvgIpc) is 3.10. The molecule has 0 bridgehead atoms. The fourth-order valence-electron chi connectivity index (χ4n) is 5.17. The van der Waals surface area contributed by atoms with E-state index >= 15 is 13.2 Å². The van der Waals surface area contributed by atoms with Gasteiger partial charge in [-0.2, -0.15) is 13.2 Å². The largest absolute Gasteiger partial charge is 0.493 e. The van der Waals surface area contributed by atoms with Gasteiger partial charge in [-0.25, -0.2) is 0 Å². The molecule has 0 saturated heterocycles. The van der Waals surface area contributed by atoms with Gasteiger partial charge in [0.2, 0.25) is 11.3 Å². The maximum atomic E-state index is 15.1. The lowest BCUT2D eigenvalue weighted by atomic mass is 9.72. The molecule has 1 aliphatic carbocycles. The number of alkyl halides is 3. The van der Waals surface area contributed by atoms with E-state index < -0.39 is 40.3 Å². The molecule has 8 nitrogen and oxygen atoms in total. The Morgan fingerprint density at radius 1 is 0.949 bits per heavy atom. The average molecular weight is 547 g/mol. The molecule has 1 aliphatic heterocycles. The number of anilines is 1. The number of ether oxygens (including phenoxy) is 3. The Hall–Kier alpha value is -4.02. The van der Waals surface area contributed by atoms with Gasteiger partial charge in [-0.05, 0) is 43.0 Å². The van der Waals surface area contributed by atoms with Crippen LogP contribution in [0, 0.1) is 12.3 Å². The number of aryl methyl sites for hydroxylation is 1. The highest BCUT2D eigenvalue weighted by atomic mass is 19.4. The summed E-state index contributed by atoms with van der Waals surface area (Å²) in [5.74, 6) is -3.41. The van der Waals surface area contributed by atoms with Crippen LogP contribution in [0.15, 0.2) is 47.7 Å². The van der Waals surface area contributed by atoms with E-state index in [9.17, 15) is 14.4 Å². The first-order valence-electron chi connectivity index (χ1n) is 12.1. The number of nitrogens with zero attached hydrogens (tertiary/aromatic N) is 1. The highest BCUT2D eigenvalue weighted by Gasteiger charge is 2.72. The minimum Gasteiger partial charge on any atom is -0.493 e. The summed E-state index contributed by atoms with van der Waals surface area (Å²) in [4.78, 5) is 41.7. The van der Waals surface area contributed by atoms with Gasteiger partial charge < -0.3 is 19.5 Å². The highest BCUT2D eigenvalue weighted by molar-refractivity contribution is 6.21. The standard InChI is InChI=1S/C28H29F3N2O6/c1-15-7-9-17(10-8-15)33-18-13-26(2,3)14-19(34)22(18)27(25(33)36,28(29,30)31)32-24(35)16-11-20(37-4)23(39-6)21(12-16)38-5/h7-12H,13-14H2,1-6H3,(H,32,35)/t27-/m0/s1. The number of hydrogen-bond acceptors (Lipinski definition) is 6. The molecule has 39 heavy (non-hydrogen) atoms. The summed E-state index contributed by atoms with van der Waals surface area (Å²) in [6.07, 6.45) is -5.55. The molecule has 0 fully saturated rings. The Kier molecular flexibility index (Phi) is 6.91. The zero-order chi connectivity index (χ0) is 28.9. The monoisotopic (exact) mass is 546 g/mol. The van der Waals surface area contributed by atoms with Crippen molar-refractivity contribution in [1.82, 2.24) is 5.32 Å². The molecule has 2 aliphatic rings. The van der Waals surface area contributed by atoms with E-state index in [1.165, 1.54) is 45.6 Å². The van der Waals surface area contributed by atoms with Crippen LogP contribution < -0.4 is 24.4 Å². The first-order valence-corrected chi connectivity index (χ1v) is 12.1. The van der Waals surface area contributed by atoms with Gasteiger partial charge in [-0.15, -0.1) is 0 Å². The van der Waals surface area contributed by atoms with Gasteiger partial charge in [0.25, 0.3) is 11.8 Å². The molecule has 1 heterocycles. The van der Waals surface area contributed by atoms with Crippen LogP contribution in [-0.4, -0.2) is 50.6 Å². The lowest BCUT2D eigenvalue weighted by Gasteiger charge is -2.35. The van der Waals surface area contributed by atoms with Crippen molar-refractivity contribution in [3.05, 3.63) is 58.8 Å². The van der Waals surface area contributed by atoms with Crippen molar-refractivity contribution in [2.75, 3.05) is 26.2 Å². The number of benzene rings is 2. The second-order valence-corrected chi connectivity index (χ2v) is 10.4. The van der Waals surface area contributed by atoms with E-state index in [4.69, 9.17) is 14.2 Å². The number of nitrogens with one attached hydrogen (secondary N) is 1. The second-order valence-electron chi connectivity index (χ2n) is 10.4. The van der Waals surface area contributed by atoms with Crippen LogP contribution in [0.1, 0.15) is 42.6 Å². The van der Waals surface area contributed by atoms with Crippen molar-refractivity contribution in [3.8, 4) is 17.2 Å². The summed E-state index contributed by atoms with van der Waals surface area (Å²) in [7, 11) is 3.91. The zero-order valence-corrected chi connectivity index (χ0v) is 22.4. The fraction of sp³-hybridized carbons (Fsp3) is 0.393. The molecular weight excluding hydrogens is 517 g/mol. The van der Waals surface area contributed by atoms with E-state index in [0.717, 1.165) is 10.5 Å². The van der Waals surface area contributed by atoms with E-state index in [2.05, 4.69) is 0 Å². The lowest BCUT2D eigenvalue weighted by Crippen LogP contribution is -2.66. The van der Waals surface area contributed by atoms with E-state index in [1.807, 2.05) is 5.32 Å². The molecule has 2 amide bonds. The molecule has 2 aromatic carbocycles. The molecule has 11 heteroatoms. The summed E-state index contributed by atoms with van der Waals surface area (Å²) >= 11 is 0. The number of methoxy groups -OCH3 is 3. The highest BCUT2D eigenvalue weighted by Crippen LogP contribution is 2.53. The molecule has 0 aromatic heterocycles. The predicted molar refractivity (Wildman–Crippen MR) is 136 cm³/mol. The second kappa shape index (κ2) is 9.62. The fourth-order valence-corrected chi connectivity index (χ4v) is 5.17. The number of ketones is 1. The lowest BCUT2D eigenvalue weighted by molar-refractivity contribution is -0.186. The number of allylic oxidation sites excluding steroid dienone is 1. The number of halogens is 3. The van der Waals surface area contributed by atoms with Crippen molar-refractivity contribution < 1.29 is 41.8 Å². The molecule has 0 radical (unpaired) electrons. The number of hydrogen-bond donors (Lipinski definition) is 1. The molecule has 2 aromatic rings. The van der Waals surface area contributed by atoms with Crippen LogP contribution in [0.25, 0.3) is 0 Å². The molecule has 208 valence electrons. The Morgan fingerprint density at radius 3 is 2.00 bits per heavy atom. The first kappa shape index (κ1) is 28.0. The van der Waals surface area contributed by atoms with Crippen LogP contribution >= 0.6 is 0 Å². The summed E-state index contributed by atoms with van der Waals surface area (Å²) in [5, 5.41) is 1.92. The predicted octanol–water partition coefficient (Wildman–Crippen LogP) is 4.74. The number of Topliss-reactive ketones (excluding diaryl/α,β-unsaturated/α-hetero) is 1. The molecular formula is C28H29F3N2O6. The number of carbonyl (C=O) groups excluding carboxylic acids is 3. The summed E-state index contributed by atoms with van der Waals surface area (Å²) in [5.41, 5.74) is -4.44. The van der Waals surface area contributed by atoms with Gasteiger partial charge in [-0.1, -0.05) is 31.5 Å². The molecule has 0 unspecified atom stereocenters. The number of amides is 2. The Balaban J connectivity index is 1.92. The van der Waals surface area contributed by atoms with Gasteiger partial charge >= 0.3 is 6.18 Å². The van der Waals surface area contributed by atoms with Crippen LogP contribution in [0.4, 0.5) is 18.9 Å². The summed E-state index contributed by atoms with van der Waals surface area (Å²) < 4.78 is 61.0. The van der Waals surface area contributed by atoms with Crippen LogP contribution in [0.3, 0.4) is 0 Å². The van der Waals surface area contributed by atoms with E-state index in [-0.39, 0.29) is 47.0 Å². The third-order valence-electron chi connectivity index (χ3n) is 6.97. The molecule has 0 saturated carbocycles. The Morgan fingerprint density at radius 2 is 1.51 bits per heavy atom. The third kappa shape index (κ3) is 4.49. The van der Waals surface area contributed by atoms with Crippen molar-refractivity contribution in [2.24, 2.45) is 5.41 Å². The molecule has 4 rings (SSSR count). The maximum absolute atomic E-state index is 15.1. The molecule has 1 atom stereocenters. The molecule has 0 spiro atoms. The first-order chi connectivity index (χ1) is 18.2. The topological polar surface area (TPSA) is 94.2 Å². The van der Waals surface area contributed by atoms with Crippen molar-refractivity contribution in [2.45, 2.75) is 45.3 Å². The Labute approximate surface area is 223 Å². The minimum atomic E-state index is -5.35. The van der Waals surface area contributed by atoms with Crippen molar-refractivity contribution >= 4 is 23.3 Å². The van der Waals surface area contributed by atoms with Gasteiger partial charge in [-0.3, -0.25) is 19.3 Å². The Bertz CT molecular complexity index is 1360. The summed E-state index contributed by atoms with van der Waals surface area (Å²) in [6.45, 7) is 5.29. The van der Waals surface area contributed by atoms with Crippen LogP contribution in [0.2, 0.25) is 0 Å². The van der Waals surface area contributed by atoms with Gasteiger partial charge in [0.05, 0.1) is 26.9 Å². The van der Waals surface area contributed by atoms with Gasteiger partial charge in [0.1, 0.15) is 0 Å². The van der Waals surface area contributed by atoms with Crippen molar-refractivity contribution in [3.63, 3.8) is 0 Å². The SMILES string of the molecule is COc1cc(C(=O)N[C@]2(C(F)(F)F)C(=O)N(c3ccc(C)cc3)C3=C2C(=O)CC(C)(C)C3)cc(OC)c1OC. The maximum Gasteiger partial charge on any atom is 0.425 e. The van der Waals surface area contributed by atoms with Crippen molar-refractivity contribution in [1.29, 1.82) is 0 Å². The minimum absolute atomic E-state index is 0.0194. The van der Waals surface area contributed by atoms with Crippen LogP contribution in [0.5, 0.6) is 17.2 Å². The number of carbonyl (C=O) groups is 3. The smallest absolute Gasteiger partial charge is 0.425 e. The van der Waals surface area contributed by atoms with Gasteiger partial charge in [0, 0.05) is 23.4 Å². The zero-order valence-electron chi connectivity index (χ0n) is 22.4. The normalized spacial score (nSPS) is 20.6. The molecule has 1 N–H and O–H groups in total. The summed E-state index contributed by atoms with van der Waals surface area (Å²) in [6, 6.07) is 8.66.